The lowest BCUT2D eigenvalue weighted by Crippen LogP contribution is -2.50. The standard InChI is InChI=1S/C10H16N4O2S/c1-10(2,3)16-9(15)14-4-6(5-14)7-12-13-8(11)17-7/h6H,4-5H2,1-3H3,(H2,11,13). The van der Waals surface area contributed by atoms with Crippen LogP contribution in [-0.2, 0) is 4.74 Å². The van der Waals surface area contributed by atoms with Gasteiger partial charge in [0, 0.05) is 19.0 Å². The van der Waals surface area contributed by atoms with Crippen LogP contribution in [0.15, 0.2) is 0 Å². The normalized spacial score (nSPS) is 16.8. The molecule has 1 aromatic rings. The van der Waals surface area contributed by atoms with Crippen molar-refractivity contribution in [2.24, 2.45) is 0 Å². The second-order valence-electron chi connectivity index (χ2n) is 5.06. The summed E-state index contributed by atoms with van der Waals surface area (Å²) in [6.45, 7) is 6.82. The number of amides is 1. The van der Waals surface area contributed by atoms with Crippen LogP contribution in [0.4, 0.5) is 9.93 Å². The molecule has 0 radical (unpaired) electrons. The number of nitrogens with zero attached hydrogens (tertiary/aromatic N) is 3. The SMILES string of the molecule is CC(C)(C)OC(=O)N1CC(c2nnc(N)s2)C1. The fraction of sp³-hybridized carbons (Fsp3) is 0.700. The number of anilines is 1. The Bertz CT molecular complexity index is 420. The minimum atomic E-state index is -0.449. The van der Waals surface area contributed by atoms with E-state index in [1.165, 1.54) is 11.3 Å². The number of carbonyl (C=O) groups is 1. The number of aromatic nitrogens is 2. The molecule has 2 rings (SSSR count). The highest BCUT2D eigenvalue weighted by Gasteiger charge is 2.36. The fourth-order valence-electron chi connectivity index (χ4n) is 1.52. The Kier molecular flexibility index (Phi) is 2.94. The Labute approximate surface area is 104 Å². The van der Waals surface area contributed by atoms with Gasteiger partial charge in [-0.1, -0.05) is 11.3 Å². The smallest absolute Gasteiger partial charge is 0.410 e. The molecule has 2 heterocycles. The molecule has 0 aliphatic carbocycles. The number of likely N-dealkylation sites (tertiary alicyclic amines) is 1. The van der Waals surface area contributed by atoms with Crippen molar-refractivity contribution in [3.05, 3.63) is 5.01 Å². The molecule has 17 heavy (non-hydrogen) atoms. The third kappa shape index (κ3) is 2.85. The van der Waals surface area contributed by atoms with Crippen molar-refractivity contribution >= 4 is 22.6 Å². The van der Waals surface area contributed by atoms with Gasteiger partial charge in [0.2, 0.25) is 5.13 Å². The zero-order chi connectivity index (χ0) is 12.6. The Hall–Kier alpha value is -1.37. The van der Waals surface area contributed by atoms with E-state index >= 15 is 0 Å². The zero-order valence-corrected chi connectivity index (χ0v) is 11.0. The predicted molar refractivity (Wildman–Crippen MR) is 64.9 cm³/mol. The quantitative estimate of drug-likeness (QED) is 0.822. The lowest BCUT2D eigenvalue weighted by atomic mass is 10.0. The summed E-state index contributed by atoms with van der Waals surface area (Å²) >= 11 is 1.38. The molecule has 94 valence electrons. The van der Waals surface area contributed by atoms with Crippen molar-refractivity contribution in [2.75, 3.05) is 18.8 Å². The highest BCUT2D eigenvalue weighted by Crippen LogP contribution is 2.30. The number of nitrogens with two attached hydrogens (primary N) is 1. The van der Waals surface area contributed by atoms with E-state index in [-0.39, 0.29) is 12.0 Å². The van der Waals surface area contributed by atoms with Crippen LogP contribution in [-0.4, -0.2) is 39.9 Å². The van der Waals surface area contributed by atoms with E-state index in [2.05, 4.69) is 10.2 Å². The second kappa shape index (κ2) is 4.14. The first-order valence-corrected chi connectivity index (χ1v) is 6.23. The van der Waals surface area contributed by atoms with Crippen LogP contribution >= 0.6 is 11.3 Å². The number of ether oxygens (including phenoxy) is 1. The number of hydrogen-bond acceptors (Lipinski definition) is 6. The van der Waals surface area contributed by atoms with E-state index in [1.54, 1.807) is 4.90 Å². The van der Waals surface area contributed by atoms with E-state index < -0.39 is 5.60 Å². The summed E-state index contributed by atoms with van der Waals surface area (Å²) in [5.41, 5.74) is 5.06. The molecule has 1 aliphatic rings. The molecule has 1 fully saturated rings. The Morgan fingerprint density at radius 1 is 1.47 bits per heavy atom. The van der Waals surface area contributed by atoms with Gasteiger partial charge in [-0.25, -0.2) is 4.79 Å². The van der Waals surface area contributed by atoms with Gasteiger partial charge in [0.1, 0.15) is 10.6 Å². The Morgan fingerprint density at radius 2 is 2.12 bits per heavy atom. The van der Waals surface area contributed by atoms with E-state index in [0.717, 1.165) is 5.01 Å². The van der Waals surface area contributed by atoms with Crippen LogP contribution in [0.1, 0.15) is 31.7 Å². The molecular formula is C10H16N4O2S. The molecule has 0 aromatic carbocycles. The van der Waals surface area contributed by atoms with Gasteiger partial charge in [0.25, 0.3) is 0 Å². The van der Waals surface area contributed by atoms with Gasteiger partial charge >= 0.3 is 6.09 Å². The maximum absolute atomic E-state index is 11.7. The van der Waals surface area contributed by atoms with Crippen molar-refractivity contribution in [1.29, 1.82) is 0 Å². The molecule has 7 heteroatoms. The van der Waals surface area contributed by atoms with Crippen LogP contribution in [0, 0.1) is 0 Å². The highest BCUT2D eigenvalue weighted by atomic mass is 32.1. The summed E-state index contributed by atoms with van der Waals surface area (Å²) in [6.07, 6.45) is -0.272. The largest absolute Gasteiger partial charge is 0.444 e. The molecule has 0 atom stereocenters. The maximum Gasteiger partial charge on any atom is 0.410 e. The number of nitrogen functional groups attached to an aromatic ring is 1. The molecule has 0 unspecified atom stereocenters. The van der Waals surface area contributed by atoms with Crippen LogP contribution in [0.5, 0.6) is 0 Å². The summed E-state index contributed by atoms with van der Waals surface area (Å²) < 4.78 is 5.26. The van der Waals surface area contributed by atoms with Crippen LogP contribution in [0.3, 0.4) is 0 Å². The van der Waals surface area contributed by atoms with Crippen LogP contribution < -0.4 is 5.73 Å². The lowest BCUT2D eigenvalue weighted by Gasteiger charge is -2.38. The maximum atomic E-state index is 11.7. The molecular weight excluding hydrogens is 240 g/mol. The highest BCUT2D eigenvalue weighted by molar-refractivity contribution is 7.15. The zero-order valence-electron chi connectivity index (χ0n) is 10.1. The number of rotatable bonds is 1. The third-order valence-corrected chi connectivity index (χ3v) is 3.25. The van der Waals surface area contributed by atoms with Crippen LogP contribution in [0.2, 0.25) is 0 Å². The molecule has 1 saturated heterocycles. The van der Waals surface area contributed by atoms with E-state index in [1.807, 2.05) is 20.8 Å². The molecule has 1 amide bonds. The monoisotopic (exact) mass is 256 g/mol. The summed E-state index contributed by atoms with van der Waals surface area (Å²) in [4.78, 5) is 13.3. The first kappa shape index (κ1) is 12.1. The van der Waals surface area contributed by atoms with Crippen molar-refractivity contribution in [3.8, 4) is 0 Å². The molecule has 0 spiro atoms. The van der Waals surface area contributed by atoms with Crippen molar-refractivity contribution in [1.82, 2.24) is 15.1 Å². The van der Waals surface area contributed by atoms with Crippen molar-refractivity contribution in [3.63, 3.8) is 0 Å². The first-order chi connectivity index (χ1) is 7.85. The fourth-order valence-corrected chi connectivity index (χ4v) is 2.22. The summed E-state index contributed by atoms with van der Waals surface area (Å²) in [6, 6.07) is 0. The van der Waals surface area contributed by atoms with E-state index in [9.17, 15) is 4.79 Å². The predicted octanol–water partition coefficient (Wildman–Crippen LogP) is 1.45. The van der Waals surface area contributed by atoms with Gasteiger partial charge in [-0.2, -0.15) is 0 Å². The Balaban J connectivity index is 1.85. The minimum Gasteiger partial charge on any atom is -0.444 e. The van der Waals surface area contributed by atoms with Gasteiger partial charge in [0.15, 0.2) is 0 Å². The number of hydrogen-bond donors (Lipinski definition) is 1. The molecule has 2 N–H and O–H groups in total. The molecule has 0 bridgehead atoms. The first-order valence-electron chi connectivity index (χ1n) is 5.42. The minimum absolute atomic E-state index is 0.248. The average molecular weight is 256 g/mol. The van der Waals surface area contributed by atoms with Crippen molar-refractivity contribution < 1.29 is 9.53 Å². The molecule has 1 aromatic heterocycles. The topological polar surface area (TPSA) is 81.3 Å². The second-order valence-corrected chi connectivity index (χ2v) is 6.10. The Morgan fingerprint density at radius 3 is 2.59 bits per heavy atom. The van der Waals surface area contributed by atoms with Gasteiger partial charge in [-0.3, -0.25) is 0 Å². The van der Waals surface area contributed by atoms with Crippen LogP contribution in [0.25, 0.3) is 0 Å². The average Bonchev–Trinajstić information content (AvgIpc) is 2.45. The van der Waals surface area contributed by atoms with Gasteiger partial charge < -0.3 is 15.4 Å². The summed E-state index contributed by atoms with van der Waals surface area (Å²) in [7, 11) is 0. The summed E-state index contributed by atoms with van der Waals surface area (Å²) in [5, 5.41) is 9.09. The van der Waals surface area contributed by atoms with Gasteiger partial charge in [-0.15, -0.1) is 10.2 Å². The van der Waals surface area contributed by atoms with E-state index in [0.29, 0.717) is 18.2 Å². The number of carbonyl (C=O) groups excluding carboxylic acids is 1. The molecule has 6 nitrogen and oxygen atoms in total. The van der Waals surface area contributed by atoms with Gasteiger partial charge in [-0.05, 0) is 20.8 Å². The lowest BCUT2D eigenvalue weighted by molar-refractivity contribution is 0.00813. The summed E-state index contributed by atoms with van der Waals surface area (Å²) in [5.74, 6) is 0.248. The van der Waals surface area contributed by atoms with Crippen molar-refractivity contribution in [2.45, 2.75) is 32.3 Å². The van der Waals surface area contributed by atoms with Gasteiger partial charge in [0.05, 0.1) is 0 Å². The molecule has 1 aliphatic heterocycles. The van der Waals surface area contributed by atoms with E-state index in [4.69, 9.17) is 10.5 Å². The third-order valence-electron chi connectivity index (χ3n) is 2.34. The molecule has 0 saturated carbocycles.